The van der Waals surface area contributed by atoms with E-state index in [1.54, 1.807) is 29.5 Å². The minimum absolute atomic E-state index is 0.0730. The summed E-state index contributed by atoms with van der Waals surface area (Å²) in [5, 5.41) is 0. The van der Waals surface area contributed by atoms with Gasteiger partial charge in [0, 0.05) is 15.6 Å². The van der Waals surface area contributed by atoms with Crippen molar-refractivity contribution in [2.75, 3.05) is 6.61 Å². The van der Waals surface area contributed by atoms with Crippen LogP contribution in [0.25, 0.3) is 0 Å². The minimum atomic E-state index is -2.68. The van der Waals surface area contributed by atoms with Crippen molar-refractivity contribution in [2.45, 2.75) is 25.7 Å². The average molecular weight is 390 g/mol. The maximum absolute atomic E-state index is 12.7. The SMILES string of the molecule is CCOC(=O)Cc1c(CCl)cnc(C(F)F)c1I. The van der Waals surface area contributed by atoms with Crippen LogP contribution < -0.4 is 0 Å². The molecule has 0 N–H and O–H groups in total. The molecule has 0 saturated heterocycles. The molecule has 1 aromatic heterocycles. The predicted octanol–water partition coefficient (Wildman–Crippen LogP) is 3.47. The Morgan fingerprint density at radius 1 is 1.61 bits per heavy atom. The van der Waals surface area contributed by atoms with E-state index in [1.807, 2.05) is 0 Å². The number of aromatic nitrogens is 1. The van der Waals surface area contributed by atoms with Gasteiger partial charge in [-0.2, -0.15) is 0 Å². The quantitative estimate of drug-likeness (QED) is 0.440. The molecule has 3 nitrogen and oxygen atoms in total. The lowest BCUT2D eigenvalue weighted by Gasteiger charge is -2.12. The van der Waals surface area contributed by atoms with Gasteiger partial charge in [0.05, 0.1) is 13.0 Å². The van der Waals surface area contributed by atoms with E-state index in [9.17, 15) is 13.6 Å². The molecule has 100 valence electrons. The Balaban J connectivity index is 3.13. The highest BCUT2D eigenvalue weighted by Gasteiger charge is 2.20. The van der Waals surface area contributed by atoms with Gasteiger partial charge < -0.3 is 4.74 Å². The number of pyridine rings is 1. The second-order valence-corrected chi connectivity index (χ2v) is 4.72. The molecule has 1 aromatic rings. The molecule has 0 aliphatic rings. The van der Waals surface area contributed by atoms with Crippen LogP contribution in [-0.4, -0.2) is 17.6 Å². The van der Waals surface area contributed by atoms with Crippen LogP contribution in [-0.2, 0) is 21.8 Å². The summed E-state index contributed by atoms with van der Waals surface area (Å²) in [5.41, 5.74) is 0.705. The Bertz CT molecular complexity index is 443. The number of carbonyl (C=O) groups excluding carboxylic acids is 1. The van der Waals surface area contributed by atoms with Gasteiger partial charge in [-0.25, -0.2) is 8.78 Å². The highest BCUT2D eigenvalue weighted by atomic mass is 127. The summed E-state index contributed by atoms with van der Waals surface area (Å²) < 4.78 is 30.5. The van der Waals surface area contributed by atoms with Crippen LogP contribution in [0.5, 0.6) is 0 Å². The fraction of sp³-hybridized carbons (Fsp3) is 0.455. The summed E-state index contributed by atoms with van der Waals surface area (Å²) in [6.45, 7) is 1.93. The fourth-order valence-corrected chi connectivity index (χ4v) is 2.53. The summed E-state index contributed by atoms with van der Waals surface area (Å²) in [6.07, 6.45) is -1.47. The van der Waals surface area contributed by atoms with Crippen molar-refractivity contribution in [1.82, 2.24) is 4.98 Å². The lowest BCUT2D eigenvalue weighted by atomic mass is 10.1. The van der Waals surface area contributed by atoms with Gasteiger partial charge in [0.15, 0.2) is 0 Å². The first-order valence-electron chi connectivity index (χ1n) is 5.17. The van der Waals surface area contributed by atoms with Crippen molar-refractivity contribution < 1.29 is 18.3 Å². The molecular formula is C11H11ClF2INO2. The van der Waals surface area contributed by atoms with Crippen LogP contribution in [0.15, 0.2) is 6.20 Å². The molecule has 0 aromatic carbocycles. The Morgan fingerprint density at radius 2 is 2.28 bits per heavy atom. The van der Waals surface area contributed by atoms with Crippen LogP contribution in [0.4, 0.5) is 8.78 Å². The Morgan fingerprint density at radius 3 is 2.78 bits per heavy atom. The van der Waals surface area contributed by atoms with Crippen molar-refractivity contribution in [2.24, 2.45) is 0 Å². The van der Waals surface area contributed by atoms with Crippen LogP contribution in [0.2, 0.25) is 0 Å². The molecule has 1 heterocycles. The van der Waals surface area contributed by atoms with E-state index in [0.29, 0.717) is 11.1 Å². The third kappa shape index (κ3) is 3.74. The lowest BCUT2D eigenvalue weighted by molar-refractivity contribution is -0.142. The summed E-state index contributed by atoms with van der Waals surface area (Å²) in [5.74, 6) is -0.352. The summed E-state index contributed by atoms with van der Waals surface area (Å²) in [4.78, 5) is 15.1. The molecule has 18 heavy (non-hydrogen) atoms. The number of halogens is 4. The van der Waals surface area contributed by atoms with Crippen molar-refractivity contribution in [3.63, 3.8) is 0 Å². The number of hydrogen-bond donors (Lipinski definition) is 0. The number of esters is 1. The largest absolute Gasteiger partial charge is 0.466 e. The number of carbonyl (C=O) groups is 1. The molecular weight excluding hydrogens is 378 g/mol. The van der Waals surface area contributed by atoms with Gasteiger partial charge >= 0.3 is 5.97 Å². The fourth-order valence-electron chi connectivity index (χ4n) is 1.39. The van der Waals surface area contributed by atoms with E-state index in [0.717, 1.165) is 0 Å². The molecule has 0 atom stereocenters. The molecule has 0 amide bonds. The van der Waals surface area contributed by atoms with Gasteiger partial charge in [0.2, 0.25) is 0 Å². The van der Waals surface area contributed by atoms with Gasteiger partial charge in [0.25, 0.3) is 6.43 Å². The smallest absolute Gasteiger partial charge is 0.310 e. The summed E-state index contributed by atoms with van der Waals surface area (Å²) >= 11 is 7.47. The summed E-state index contributed by atoms with van der Waals surface area (Å²) in [7, 11) is 0. The van der Waals surface area contributed by atoms with E-state index < -0.39 is 12.4 Å². The Kier molecular flexibility index (Phi) is 6.20. The molecule has 0 radical (unpaired) electrons. The van der Waals surface area contributed by atoms with Crippen molar-refractivity contribution in [3.8, 4) is 0 Å². The van der Waals surface area contributed by atoms with E-state index in [-0.39, 0.29) is 28.2 Å². The van der Waals surface area contributed by atoms with E-state index in [1.165, 1.54) is 6.20 Å². The predicted molar refractivity (Wildman–Crippen MR) is 71.8 cm³/mol. The van der Waals surface area contributed by atoms with Crippen LogP contribution in [0.1, 0.15) is 30.2 Å². The monoisotopic (exact) mass is 389 g/mol. The van der Waals surface area contributed by atoms with E-state index >= 15 is 0 Å². The van der Waals surface area contributed by atoms with E-state index in [2.05, 4.69) is 4.98 Å². The molecule has 0 aliphatic heterocycles. The number of nitrogens with zero attached hydrogens (tertiary/aromatic N) is 1. The van der Waals surface area contributed by atoms with Crippen LogP contribution >= 0.6 is 34.2 Å². The molecule has 0 saturated carbocycles. The first-order chi connectivity index (χ1) is 8.51. The summed E-state index contributed by atoms with van der Waals surface area (Å²) in [6, 6.07) is 0. The average Bonchev–Trinajstić information content (AvgIpc) is 2.31. The van der Waals surface area contributed by atoms with Gasteiger partial charge in [0.1, 0.15) is 5.69 Å². The van der Waals surface area contributed by atoms with Crippen LogP contribution in [0.3, 0.4) is 0 Å². The molecule has 1 rings (SSSR count). The standard InChI is InChI=1S/C11H11ClF2INO2/c1-2-18-8(17)3-7-6(4-12)5-16-10(9(7)15)11(13)14/h5,11H,2-4H2,1H3. The molecule has 0 bridgehead atoms. The first-order valence-corrected chi connectivity index (χ1v) is 6.78. The highest BCUT2D eigenvalue weighted by Crippen LogP contribution is 2.28. The second-order valence-electron chi connectivity index (χ2n) is 3.38. The van der Waals surface area contributed by atoms with E-state index in [4.69, 9.17) is 16.3 Å². The Labute approximate surface area is 122 Å². The maximum atomic E-state index is 12.7. The third-order valence-corrected chi connectivity index (χ3v) is 3.71. The molecule has 0 aliphatic carbocycles. The number of alkyl halides is 3. The van der Waals surface area contributed by atoms with Crippen molar-refractivity contribution in [1.29, 1.82) is 0 Å². The number of rotatable bonds is 5. The normalized spacial score (nSPS) is 10.8. The molecule has 0 unspecified atom stereocenters. The zero-order valence-electron chi connectivity index (χ0n) is 9.55. The third-order valence-electron chi connectivity index (χ3n) is 2.21. The minimum Gasteiger partial charge on any atom is -0.466 e. The maximum Gasteiger partial charge on any atom is 0.310 e. The van der Waals surface area contributed by atoms with Crippen molar-refractivity contribution >= 4 is 40.2 Å². The number of hydrogen-bond acceptors (Lipinski definition) is 3. The van der Waals surface area contributed by atoms with Gasteiger partial charge in [-0.05, 0) is 40.6 Å². The lowest BCUT2D eigenvalue weighted by Crippen LogP contribution is -2.12. The first kappa shape index (κ1) is 15.6. The van der Waals surface area contributed by atoms with Gasteiger partial charge in [-0.1, -0.05) is 0 Å². The van der Waals surface area contributed by atoms with Gasteiger partial charge in [-0.3, -0.25) is 9.78 Å². The van der Waals surface area contributed by atoms with Crippen molar-refractivity contribution in [3.05, 3.63) is 26.6 Å². The highest BCUT2D eigenvalue weighted by molar-refractivity contribution is 14.1. The Hall–Kier alpha value is -0.500. The van der Waals surface area contributed by atoms with Gasteiger partial charge in [-0.15, -0.1) is 11.6 Å². The topological polar surface area (TPSA) is 39.2 Å². The number of ether oxygens (including phenoxy) is 1. The molecule has 0 spiro atoms. The molecule has 7 heteroatoms. The van der Waals surface area contributed by atoms with Crippen LogP contribution in [0, 0.1) is 3.57 Å². The molecule has 0 fully saturated rings. The zero-order chi connectivity index (χ0) is 13.7. The second kappa shape index (κ2) is 7.18. The zero-order valence-corrected chi connectivity index (χ0v) is 12.5.